The molecule has 0 saturated heterocycles. The molecule has 0 aliphatic heterocycles. The summed E-state index contributed by atoms with van der Waals surface area (Å²) in [7, 11) is 0. The topological polar surface area (TPSA) is 78.9 Å². The van der Waals surface area contributed by atoms with Gasteiger partial charge in [-0.05, 0) is 70.6 Å². The number of rotatable bonds is 60. The standard InChI is InChI=1S/C70H124O6/c1-4-7-10-13-16-19-22-25-28-31-33-34-35-36-37-40-42-45-48-51-54-57-60-63-69(72)75-66-67(65-74-68(71)62-59-56-53-50-47-44-41-38-30-27-24-21-18-15-12-9-6-3)76-70(73)64-61-58-55-52-49-46-43-39-32-29-26-23-20-17-14-11-8-5-2/h7,10,16,19,25,28,33-34,36-37,42,45,67H,4-6,8-9,11-15,17-18,20-24,26-27,29-32,35,38-41,43-44,46-66H2,1-3H3/b10-7-,19-16-,28-25-,34-33-,37-36-,45-42-. The van der Waals surface area contributed by atoms with Gasteiger partial charge in [0.25, 0.3) is 0 Å². The Morgan fingerprint density at radius 3 is 0.803 bits per heavy atom. The zero-order valence-corrected chi connectivity index (χ0v) is 50.5. The van der Waals surface area contributed by atoms with Crippen molar-refractivity contribution >= 4 is 17.9 Å². The lowest BCUT2D eigenvalue weighted by atomic mass is 10.0. The Bertz CT molecular complexity index is 1400. The summed E-state index contributed by atoms with van der Waals surface area (Å²) >= 11 is 0. The van der Waals surface area contributed by atoms with E-state index in [-0.39, 0.29) is 31.1 Å². The lowest BCUT2D eigenvalue weighted by Crippen LogP contribution is -2.30. The SMILES string of the molecule is CC/C=C\C/C=C\C/C=C\C/C=C\C/C=C\C/C=C\CCCCCCC(=O)OCC(COC(=O)CCCCCCCCCCCCCCCCCCC)OC(=O)CCCCCCCCCCCCCCCCCCCC. The molecule has 0 aliphatic carbocycles. The van der Waals surface area contributed by atoms with Gasteiger partial charge in [0.05, 0.1) is 0 Å². The van der Waals surface area contributed by atoms with Gasteiger partial charge in [-0.25, -0.2) is 0 Å². The number of esters is 3. The third-order valence-electron chi connectivity index (χ3n) is 14.5. The predicted molar refractivity (Wildman–Crippen MR) is 330 cm³/mol. The lowest BCUT2D eigenvalue weighted by Gasteiger charge is -2.18. The molecule has 1 unspecified atom stereocenters. The van der Waals surface area contributed by atoms with Crippen molar-refractivity contribution in [2.24, 2.45) is 0 Å². The van der Waals surface area contributed by atoms with Crippen molar-refractivity contribution in [2.45, 2.75) is 341 Å². The number of carbonyl (C=O) groups is 3. The van der Waals surface area contributed by atoms with Gasteiger partial charge in [0.15, 0.2) is 6.10 Å². The Labute approximate surface area is 472 Å². The van der Waals surface area contributed by atoms with E-state index >= 15 is 0 Å². The number of hydrogen-bond acceptors (Lipinski definition) is 6. The van der Waals surface area contributed by atoms with Gasteiger partial charge in [-0.2, -0.15) is 0 Å². The molecule has 1 atom stereocenters. The van der Waals surface area contributed by atoms with Crippen LogP contribution in [0, 0.1) is 0 Å². The molecule has 0 bridgehead atoms. The van der Waals surface area contributed by atoms with Crippen molar-refractivity contribution in [1.29, 1.82) is 0 Å². The predicted octanol–water partition coefficient (Wildman–Crippen LogP) is 22.5. The van der Waals surface area contributed by atoms with Crippen molar-refractivity contribution in [1.82, 2.24) is 0 Å². The third kappa shape index (κ3) is 61.7. The van der Waals surface area contributed by atoms with E-state index < -0.39 is 6.10 Å². The summed E-state index contributed by atoms with van der Waals surface area (Å²) in [5.41, 5.74) is 0. The first-order valence-electron chi connectivity index (χ1n) is 32.9. The summed E-state index contributed by atoms with van der Waals surface area (Å²) in [4.78, 5) is 38.4. The first-order valence-corrected chi connectivity index (χ1v) is 32.9. The molecule has 0 N–H and O–H groups in total. The van der Waals surface area contributed by atoms with Crippen LogP contribution >= 0.6 is 0 Å². The molecule has 0 fully saturated rings. The van der Waals surface area contributed by atoms with Crippen molar-refractivity contribution < 1.29 is 28.6 Å². The molecule has 0 saturated carbocycles. The second kappa shape index (κ2) is 64.4. The van der Waals surface area contributed by atoms with Gasteiger partial charge >= 0.3 is 17.9 Å². The highest BCUT2D eigenvalue weighted by Gasteiger charge is 2.19. The second-order valence-electron chi connectivity index (χ2n) is 22.0. The maximum Gasteiger partial charge on any atom is 0.306 e. The first-order chi connectivity index (χ1) is 37.5. The molecule has 0 aromatic carbocycles. The molecule has 440 valence electrons. The van der Waals surface area contributed by atoms with Crippen LogP contribution in [0.4, 0.5) is 0 Å². The molecule has 0 spiro atoms. The van der Waals surface area contributed by atoms with Crippen LogP contribution in [0.15, 0.2) is 72.9 Å². The van der Waals surface area contributed by atoms with Crippen LogP contribution in [0.5, 0.6) is 0 Å². The summed E-state index contributed by atoms with van der Waals surface area (Å²) in [6.45, 7) is 6.56. The van der Waals surface area contributed by atoms with Crippen molar-refractivity contribution in [3.05, 3.63) is 72.9 Å². The third-order valence-corrected chi connectivity index (χ3v) is 14.5. The van der Waals surface area contributed by atoms with Crippen molar-refractivity contribution in [3.8, 4) is 0 Å². The van der Waals surface area contributed by atoms with E-state index in [4.69, 9.17) is 14.2 Å². The fourth-order valence-corrected chi connectivity index (χ4v) is 9.57. The zero-order valence-electron chi connectivity index (χ0n) is 50.5. The molecular formula is C70H124O6. The molecule has 0 aromatic heterocycles. The minimum Gasteiger partial charge on any atom is -0.462 e. The van der Waals surface area contributed by atoms with Gasteiger partial charge in [0.1, 0.15) is 13.2 Å². The van der Waals surface area contributed by atoms with Crippen molar-refractivity contribution in [2.75, 3.05) is 13.2 Å². The Hall–Kier alpha value is -3.15. The Balaban J connectivity index is 4.39. The van der Waals surface area contributed by atoms with E-state index in [1.807, 2.05) is 0 Å². The van der Waals surface area contributed by atoms with Crippen molar-refractivity contribution in [3.63, 3.8) is 0 Å². The minimum atomic E-state index is -0.784. The maximum atomic E-state index is 12.9. The number of carbonyl (C=O) groups excluding carboxylic acids is 3. The molecular weight excluding hydrogens is 937 g/mol. The molecule has 0 heterocycles. The molecule has 0 aromatic rings. The number of unbranched alkanes of at least 4 members (excludes halogenated alkanes) is 37. The molecule has 0 radical (unpaired) electrons. The first kappa shape index (κ1) is 72.8. The fourth-order valence-electron chi connectivity index (χ4n) is 9.57. The average molecular weight is 1060 g/mol. The Morgan fingerprint density at radius 1 is 0.276 bits per heavy atom. The van der Waals surface area contributed by atoms with E-state index in [9.17, 15) is 14.4 Å². The average Bonchev–Trinajstić information content (AvgIpc) is 3.42. The quantitative estimate of drug-likeness (QED) is 0.0261. The number of ether oxygens (including phenoxy) is 3. The molecule has 0 rings (SSSR count). The minimum absolute atomic E-state index is 0.0788. The number of hydrogen-bond donors (Lipinski definition) is 0. The van der Waals surface area contributed by atoms with Gasteiger partial charge in [-0.15, -0.1) is 0 Å². The van der Waals surface area contributed by atoms with Gasteiger partial charge < -0.3 is 14.2 Å². The Kier molecular flexibility index (Phi) is 61.7. The van der Waals surface area contributed by atoms with Gasteiger partial charge in [-0.1, -0.05) is 318 Å². The molecule has 0 aliphatic rings. The lowest BCUT2D eigenvalue weighted by molar-refractivity contribution is -0.167. The summed E-state index contributed by atoms with van der Waals surface area (Å²) in [6.07, 6.45) is 83.3. The summed E-state index contributed by atoms with van der Waals surface area (Å²) in [5.74, 6) is -0.883. The summed E-state index contributed by atoms with van der Waals surface area (Å²) in [5, 5.41) is 0. The van der Waals surface area contributed by atoms with E-state index in [2.05, 4.69) is 93.7 Å². The second-order valence-corrected chi connectivity index (χ2v) is 22.0. The van der Waals surface area contributed by atoms with E-state index in [0.717, 1.165) is 109 Å². The van der Waals surface area contributed by atoms with Gasteiger partial charge in [-0.3, -0.25) is 14.4 Å². The molecule has 76 heavy (non-hydrogen) atoms. The van der Waals surface area contributed by atoms with Crippen LogP contribution in [0.3, 0.4) is 0 Å². The largest absolute Gasteiger partial charge is 0.462 e. The molecule has 0 amide bonds. The zero-order chi connectivity index (χ0) is 55.0. The summed E-state index contributed by atoms with van der Waals surface area (Å²) in [6, 6.07) is 0. The number of allylic oxidation sites excluding steroid dienone is 12. The van der Waals surface area contributed by atoms with Crippen LogP contribution in [0.25, 0.3) is 0 Å². The van der Waals surface area contributed by atoms with E-state index in [1.54, 1.807) is 0 Å². The smallest absolute Gasteiger partial charge is 0.306 e. The van der Waals surface area contributed by atoms with Crippen LogP contribution in [0.2, 0.25) is 0 Å². The normalized spacial score (nSPS) is 12.5. The highest BCUT2D eigenvalue weighted by atomic mass is 16.6. The van der Waals surface area contributed by atoms with Gasteiger partial charge in [0.2, 0.25) is 0 Å². The highest BCUT2D eigenvalue weighted by molar-refractivity contribution is 5.71. The highest BCUT2D eigenvalue weighted by Crippen LogP contribution is 2.17. The van der Waals surface area contributed by atoms with Gasteiger partial charge in [0, 0.05) is 19.3 Å². The van der Waals surface area contributed by atoms with Crippen LogP contribution in [0.1, 0.15) is 335 Å². The summed E-state index contributed by atoms with van der Waals surface area (Å²) < 4.78 is 17.0. The fraction of sp³-hybridized carbons (Fsp3) is 0.786. The van der Waals surface area contributed by atoms with Crippen LogP contribution < -0.4 is 0 Å². The Morgan fingerprint density at radius 2 is 0.513 bits per heavy atom. The molecule has 6 nitrogen and oxygen atoms in total. The van der Waals surface area contributed by atoms with E-state index in [0.29, 0.717) is 19.3 Å². The maximum absolute atomic E-state index is 12.9. The van der Waals surface area contributed by atoms with Crippen LogP contribution in [-0.4, -0.2) is 37.2 Å². The van der Waals surface area contributed by atoms with Crippen LogP contribution in [-0.2, 0) is 28.6 Å². The molecule has 6 heteroatoms. The monoisotopic (exact) mass is 1060 g/mol. The van der Waals surface area contributed by atoms with E-state index in [1.165, 1.54) is 186 Å².